The third-order valence-corrected chi connectivity index (χ3v) is 4.36. The highest BCUT2D eigenvalue weighted by molar-refractivity contribution is 6.30. The van der Waals surface area contributed by atoms with E-state index in [4.69, 9.17) is 11.6 Å². The summed E-state index contributed by atoms with van der Waals surface area (Å²) in [5.74, 6) is 0.373. The van der Waals surface area contributed by atoms with Gasteiger partial charge < -0.3 is 15.7 Å². The number of carbonyl (C=O) groups excluding carboxylic acids is 1. The molecule has 1 saturated carbocycles. The van der Waals surface area contributed by atoms with Crippen LogP contribution in [0, 0.1) is 5.41 Å². The molecule has 5 heteroatoms. The first-order valence-electron chi connectivity index (χ1n) is 7.82. The summed E-state index contributed by atoms with van der Waals surface area (Å²) in [6, 6.07) is 7.89. The lowest BCUT2D eigenvalue weighted by molar-refractivity contribution is 0.148. The summed E-state index contributed by atoms with van der Waals surface area (Å²) in [5, 5.41) is 15.8. The van der Waals surface area contributed by atoms with Crippen LogP contribution in [0.25, 0.3) is 0 Å². The normalized spacial score (nSPS) is 20.5. The van der Waals surface area contributed by atoms with Gasteiger partial charge in [-0.05, 0) is 42.4 Å². The van der Waals surface area contributed by atoms with Crippen molar-refractivity contribution in [2.24, 2.45) is 5.41 Å². The second-order valence-electron chi connectivity index (χ2n) is 6.83. The third kappa shape index (κ3) is 5.18. The summed E-state index contributed by atoms with van der Waals surface area (Å²) < 4.78 is 0. The number of benzene rings is 1. The summed E-state index contributed by atoms with van der Waals surface area (Å²) in [7, 11) is 0. The van der Waals surface area contributed by atoms with E-state index in [0.29, 0.717) is 12.5 Å². The molecule has 4 nitrogen and oxygen atoms in total. The standard InChI is InChI=1S/C17H25ClN2O2/c1-17(2,11-21)7-4-8-19-16(22)20-15-10-14(15)12-5-3-6-13(18)9-12/h3,5-6,9,14-15,21H,4,7-8,10-11H2,1-2H3,(H2,19,20,22). The molecule has 1 aromatic rings. The topological polar surface area (TPSA) is 61.4 Å². The fourth-order valence-corrected chi connectivity index (χ4v) is 2.73. The summed E-state index contributed by atoms with van der Waals surface area (Å²) in [4.78, 5) is 11.8. The Kier molecular flexibility index (Phi) is 5.70. The van der Waals surface area contributed by atoms with Gasteiger partial charge in [0.15, 0.2) is 0 Å². The van der Waals surface area contributed by atoms with Gasteiger partial charge in [0.25, 0.3) is 0 Å². The zero-order valence-electron chi connectivity index (χ0n) is 13.2. The van der Waals surface area contributed by atoms with Crippen molar-refractivity contribution in [2.45, 2.75) is 45.1 Å². The fourth-order valence-electron chi connectivity index (χ4n) is 2.53. The molecule has 1 aromatic carbocycles. The molecular formula is C17H25ClN2O2. The molecule has 2 unspecified atom stereocenters. The van der Waals surface area contributed by atoms with E-state index in [1.54, 1.807) is 0 Å². The minimum Gasteiger partial charge on any atom is -0.396 e. The van der Waals surface area contributed by atoms with Gasteiger partial charge in [-0.25, -0.2) is 4.79 Å². The van der Waals surface area contributed by atoms with Crippen molar-refractivity contribution in [1.82, 2.24) is 10.6 Å². The van der Waals surface area contributed by atoms with Crippen LogP contribution < -0.4 is 10.6 Å². The first kappa shape index (κ1) is 17.1. The highest BCUT2D eigenvalue weighted by Gasteiger charge is 2.39. The van der Waals surface area contributed by atoms with Gasteiger partial charge in [-0.15, -0.1) is 0 Å². The van der Waals surface area contributed by atoms with Crippen LogP contribution >= 0.6 is 11.6 Å². The van der Waals surface area contributed by atoms with Crippen LogP contribution in [0.15, 0.2) is 24.3 Å². The van der Waals surface area contributed by atoms with Crippen molar-refractivity contribution in [3.05, 3.63) is 34.9 Å². The number of carbonyl (C=O) groups is 1. The maximum absolute atomic E-state index is 11.8. The fraction of sp³-hybridized carbons (Fsp3) is 0.588. The molecule has 122 valence electrons. The van der Waals surface area contributed by atoms with Gasteiger partial charge in [-0.1, -0.05) is 37.6 Å². The van der Waals surface area contributed by atoms with E-state index < -0.39 is 0 Å². The Bertz CT molecular complexity index is 519. The van der Waals surface area contributed by atoms with Crippen LogP contribution in [0.4, 0.5) is 4.79 Å². The Labute approximate surface area is 137 Å². The molecule has 0 heterocycles. The Morgan fingerprint density at radius 3 is 2.91 bits per heavy atom. The number of hydrogen-bond acceptors (Lipinski definition) is 2. The molecule has 1 aliphatic rings. The van der Waals surface area contributed by atoms with Crippen LogP contribution in [0.5, 0.6) is 0 Å². The summed E-state index contributed by atoms with van der Waals surface area (Å²) in [6.45, 7) is 4.84. The van der Waals surface area contributed by atoms with Crippen LogP contribution in [0.2, 0.25) is 5.02 Å². The van der Waals surface area contributed by atoms with Crippen LogP contribution in [0.1, 0.15) is 44.6 Å². The lowest BCUT2D eigenvalue weighted by Crippen LogP contribution is -2.38. The first-order valence-corrected chi connectivity index (χ1v) is 8.20. The van der Waals surface area contributed by atoms with Gasteiger partial charge in [0, 0.05) is 30.1 Å². The molecule has 0 radical (unpaired) electrons. The zero-order chi connectivity index (χ0) is 16.2. The predicted molar refractivity (Wildman–Crippen MR) is 89.2 cm³/mol. The van der Waals surface area contributed by atoms with Crippen molar-refractivity contribution in [3.8, 4) is 0 Å². The minimum absolute atomic E-state index is 0.0771. The number of aliphatic hydroxyl groups is 1. The van der Waals surface area contributed by atoms with Crippen molar-refractivity contribution in [1.29, 1.82) is 0 Å². The SMILES string of the molecule is CC(C)(CO)CCCNC(=O)NC1CC1c1cccc(Cl)c1. The van der Waals surface area contributed by atoms with Gasteiger partial charge >= 0.3 is 6.03 Å². The molecule has 1 aliphatic carbocycles. The lowest BCUT2D eigenvalue weighted by Gasteiger charge is -2.21. The largest absolute Gasteiger partial charge is 0.396 e. The average molecular weight is 325 g/mol. The van der Waals surface area contributed by atoms with Gasteiger partial charge in [0.2, 0.25) is 0 Å². The van der Waals surface area contributed by atoms with Crippen LogP contribution in [-0.4, -0.2) is 30.3 Å². The van der Waals surface area contributed by atoms with E-state index in [9.17, 15) is 9.90 Å². The maximum atomic E-state index is 11.8. The number of nitrogens with one attached hydrogen (secondary N) is 2. The Hall–Kier alpha value is -1.26. The van der Waals surface area contributed by atoms with E-state index in [-0.39, 0.29) is 24.1 Å². The molecule has 0 bridgehead atoms. The number of rotatable bonds is 7. The number of halogens is 1. The smallest absolute Gasteiger partial charge is 0.315 e. The number of amides is 2. The highest BCUT2D eigenvalue weighted by atomic mass is 35.5. The second kappa shape index (κ2) is 7.34. The molecule has 0 aliphatic heterocycles. The highest BCUT2D eigenvalue weighted by Crippen LogP contribution is 2.41. The van der Waals surface area contributed by atoms with Crippen molar-refractivity contribution in [2.75, 3.05) is 13.2 Å². The van der Waals surface area contributed by atoms with Crippen LogP contribution in [0.3, 0.4) is 0 Å². The van der Waals surface area contributed by atoms with E-state index in [1.165, 1.54) is 5.56 Å². The molecule has 0 saturated heterocycles. The van der Waals surface area contributed by atoms with E-state index in [0.717, 1.165) is 24.3 Å². The maximum Gasteiger partial charge on any atom is 0.315 e. The quantitative estimate of drug-likeness (QED) is 0.674. The van der Waals surface area contributed by atoms with E-state index >= 15 is 0 Å². The monoisotopic (exact) mass is 324 g/mol. The Balaban J connectivity index is 1.65. The molecule has 3 N–H and O–H groups in total. The van der Waals surface area contributed by atoms with Crippen molar-refractivity contribution in [3.63, 3.8) is 0 Å². The third-order valence-electron chi connectivity index (χ3n) is 4.13. The van der Waals surface area contributed by atoms with Gasteiger partial charge in [0.05, 0.1) is 0 Å². The number of aliphatic hydroxyl groups excluding tert-OH is 1. The van der Waals surface area contributed by atoms with Gasteiger partial charge in [-0.3, -0.25) is 0 Å². The molecule has 2 rings (SSSR count). The van der Waals surface area contributed by atoms with E-state index in [1.807, 2.05) is 38.1 Å². The second-order valence-corrected chi connectivity index (χ2v) is 7.27. The first-order chi connectivity index (χ1) is 10.4. The summed E-state index contributed by atoms with van der Waals surface area (Å²) >= 11 is 5.99. The molecule has 2 atom stereocenters. The Morgan fingerprint density at radius 1 is 1.45 bits per heavy atom. The van der Waals surface area contributed by atoms with Gasteiger partial charge in [-0.2, -0.15) is 0 Å². The zero-order valence-corrected chi connectivity index (χ0v) is 14.0. The van der Waals surface area contributed by atoms with E-state index in [2.05, 4.69) is 10.6 Å². The summed E-state index contributed by atoms with van der Waals surface area (Å²) in [6.07, 6.45) is 2.72. The average Bonchev–Trinajstić information content (AvgIpc) is 3.23. The molecule has 2 amide bonds. The lowest BCUT2D eigenvalue weighted by atomic mass is 9.89. The molecule has 22 heavy (non-hydrogen) atoms. The number of urea groups is 1. The Morgan fingerprint density at radius 2 is 2.23 bits per heavy atom. The van der Waals surface area contributed by atoms with Crippen LogP contribution in [-0.2, 0) is 0 Å². The van der Waals surface area contributed by atoms with Gasteiger partial charge in [0.1, 0.15) is 0 Å². The van der Waals surface area contributed by atoms with Crippen molar-refractivity contribution >= 4 is 17.6 Å². The number of hydrogen-bond donors (Lipinski definition) is 3. The minimum atomic E-state index is -0.115. The molecular weight excluding hydrogens is 300 g/mol. The molecule has 0 spiro atoms. The summed E-state index contributed by atoms with van der Waals surface area (Å²) in [5.41, 5.74) is 1.11. The van der Waals surface area contributed by atoms with Crippen molar-refractivity contribution < 1.29 is 9.90 Å². The molecule has 0 aromatic heterocycles. The predicted octanol–water partition coefficient (Wildman–Crippen LogP) is 3.29. The molecule has 1 fully saturated rings.